The lowest BCUT2D eigenvalue weighted by atomic mass is 9.95. The van der Waals surface area contributed by atoms with Gasteiger partial charge in [-0.05, 0) is 69.4 Å². The van der Waals surface area contributed by atoms with E-state index in [-0.39, 0.29) is 24.2 Å². The molecule has 0 aliphatic heterocycles. The highest BCUT2D eigenvalue weighted by Gasteiger charge is 2.27. The molecular formula is C24H27ClN4O4S2. The molecule has 0 fully saturated rings. The summed E-state index contributed by atoms with van der Waals surface area (Å²) < 4.78 is 13.0. The Morgan fingerprint density at radius 3 is 2.69 bits per heavy atom. The topological polar surface area (TPSA) is 95.3 Å². The Hall–Kier alpha value is -2.56. The minimum Gasteiger partial charge on any atom is -0.486 e. The van der Waals surface area contributed by atoms with E-state index >= 15 is 0 Å². The molecule has 1 aromatic carbocycles. The van der Waals surface area contributed by atoms with Gasteiger partial charge in [0.2, 0.25) is 5.91 Å². The Bertz CT molecular complexity index is 1190. The van der Waals surface area contributed by atoms with E-state index in [1.54, 1.807) is 31.2 Å². The number of aromatic nitrogens is 3. The quantitative estimate of drug-likeness (QED) is 0.275. The van der Waals surface area contributed by atoms with E-state index in [4.69, 9.17) is 21.1 Å². The first-order chi connectivity index (χ1) is 17.0. The van der Waals surface area contributed by atoms with Crippen LogP contribution in [-0.2, 0) is 35.5 Å². The zero-order valence-electron chi connectivity index (χ0n) is 19.6. The van der Waals surface area contributed by atoms with Crippen LogP contribution < -0.4 is 10.1 Å². The smallest absolute Gasteiger partial charge is 0.341 e. The van der Waals surface area contributed by atoms with Gasteiger partial charge in [0.1, 0.15) is 17.4 Å². The average Bonchev–Trinajstić information content (AvgIpc) is 3.42. The second-order valence-corrected chi connectivity index (χ2v) is 10.3. The monoisotopic (exact) mass is 534 g/mol. The number of esters is 1. The first-order valence-corrected chi connectivity index (χ1v) is 13.7. The van der Waals surface area contributed by atoms with Crippen molar-refractivity contribution in [3.05, 3.63) is 51.1 Å². The number of halogens is 1. The fraction of sp³-hybridized carbons (Fsp3) is 0.417. The molecule has 0 radical (unpaired) electrons. The van der Waals surface area contributed by atoms with Gasteiger partial charge in [0, 0.05) is 16.4 Å². The highest BCUT2D eigenvalue weighted by molar-refractivity contribution is 7.99. The number of nitrogens with zero attached hydrogens (tertiary/aromatic N) is 3. The Morgan fingerprint density at radius 1 is 1.17 bits per heavy atom. The van der Waals surface area contributed by atoms with Crippen LogP contribution in [0.25, 0.3) is 0 Å². The first-order valence-electron chi connectivity index (χ1n) is 11.5. The average molecular weight is 535 g/mol. The molecule has 0 saturated heterocycles. The number of hydrogen-bond acceptors (Lipinski definition) is 8. The van der Waals surface area contributed by atoms with Gasteiger partial charge in [-0.2, -0.15) is 0 Å². The molecule has 4 rings (SSSR count). The fourth-order valence-electron chi connectivity index (χ4n) is 3.89. The molecule has 35 heavy (non-hydrogen) atoms. The maximum atomic E-state index is 12.8. The third-order valence-electron chi connectivity index (χ3n) is 5.53. The number of anilines is 1. The maximum Gasteiger partial charge on any atom is 0.341 e. The second kappa shape index (κ2) is 11.9. The summed E-state index contributed by atoms with van der Waals surface area (Å²) in [6.45, 7) is 4.95. The van der Waals surface area contributed by atoms with Crippen molar-refractivity contribution in [3.63, 3.8) is 0 Å². The van der Waals surface area contributed by atoms with Crippen LogP contribution in [0.15, 0.2) is 29.4 Å². The van der Waals surface area contributed by atoms with Crippen molar-refractivity contribution >= 4 is 51.6 Å². The summed E-state index contributed by atoms with van der Waals surface area (Å²) in [5.74, 6) is 0.918. The predicted molar refractivity (Wildman–Crippen MR) is 138 cm³/mol. The van der Waals surface area contributed by atoms with E-state index < -0.39 is 0 Å². The SMILES string of the molecule is CCOC(=O)c1c(NC(=O)CSc2nnc(COc3ccc(Cl)cc3)n2CC)sc2c1CCCC2. The molecule has 186 valence electrons. The van der Waals surface area contributed by atoms with Gasteiger partial charge in [-0.15, -0.1) is 21.5 Å². The lowest BCUT2D eigenvalue weighted by molar-refractivity contribution is -0.113. The number of carbonyl (C=O) groups excluding carboxylic acids is 2. The van der Waals surface area contributed by atoms with Crippen molar-refractivity contribution in [3.8, 4) is 5.75 Å². The third-order valence-corrected chi connectivity index (χ3v) is 7.95. The number of benzene rings is 1. The number of fused-ring (bicyclic) bond motifs is 1. The zero-order chi connectivity index (χ0) is 24.8. The summed E-state index contributed by atoms with van der Waals surface area (Å²) in [6, 6.07) is 7.11. The summed E-state index contributed by atoms with van der Waals surface area (Å²) in [5.41, 5.74) is 1.54. The van der Waals surface area contributed by atoms with Crippen LogP contribution in [0, 0.1) is 0 Å². The van der Waals surface area contributed by atoms with Gasteiger partial charge in [0.15, 0.2) is 11.0 Å². The molecule has 0 saturated carbocycles. The summed E-state index contributed by atoms with van der Waals surface area (Å²) in [4.78, 5) is 26.6. The fourth-order valence-corrected chi connectivity index (χ4v) is 6.14. The third kappa shape index (κ3) is 6.17. The molecule has 0 spiro atoms. The molecule has 2 aromatic heterocycles. The molecule has 1 N–H and O–H groups in total. The van der Waals surface area contributed by atoms with Crippen LogP contribution in [0.5, 0.6) is 5.75 Å². The highest BCUT2D eigenvalue weighted by Crippen LogP contribution is 2.38. The van der Waals surface area contributed by atoms with Gasteiger partial charge in [-0.1, -0.05) is 23.4 Å². The summed E-state index contributed by atoms with van der Waals surface area (Å²) >= 11 is 8.69. The van der Waals surface area contributed by atoms with Crippen molar-refractivity contribution in [2.24, 2.45) is 0 Å². The van der Waals surface area contributed by atoms with E-state index in [1.807, 2.05) is 11.5 Å². The van der Waals surface area contributed by atoms with Gasteiger partial charge in [-0.25, -0.2) is 4.79 Å². The Kier molecular flexibility index (Phi) is 8.69. The van der Waals surface area contributed by atoms with Gasteiger partial charge >= 0.3 is 5.97 Å². The number of carbonyl (C=O) groups is 2. The Morgan fingerprint density at radius 2 is 1.94 bits per heavy atom. The summed E-state index contributed by atoms with van der Waals surface area (Å²) in [5, 5.41) is 13.3. The molecule has 1 amide bonds. The van der Waals surface area contributed by atoms with Crippen molar-refractivity contribution in [2.45, 2.75) is 57.8 Å². The van der Waals surface area contributed by atoms with Crippen molar-refractivity contribution in [2.75, 3.05) is 17.7 Å². The first kappa shape index (κ1) is 25.5. The van der Waals surface area contributed by atoms with Crippen LogP contribution in [0.3, 0.4) is 0 Å². The van der Waals surface area contributed by atoms with Crippen molar-refractivity contribution in [1.82, 2.24) is 14.8 Å². The summed E-state index contributed by atoms with van der Waals surface area (Å²) in [6.07, 6.45) is 3.90. The molecule has 0 bridgehead atoms. The molecule has 1 aliphatic carbocycles. The van der Waals surface area contributed by atoms with E-state index in [1.165, 1.54) is 28.0 Å². The number of nitrogens with one attached hydrogen (secondary N) is 1. The minimum atomic E-state index is -0.370. The maximum absolute atomic E-state index is 12.8. The number of ether oxygens (including phenoxy) is 2. The van der Waals surface area contributed by atoms with Crippen LogP contribution in [-0.4, -0.2) is 39.0 Å². The number of thioether (sulfide) groups is 1. The molecule has 3 aromatic rings. The van der Waals surface area contributed by atoms with Crippen LogP contribution in [0.1, 0.15) is 53.3 Å². The second-order valence-electron chi connectivity index (χ2n) is 7.86. The molecule has 1 aliphatic rings. The lowest BCUT2D eigenvalue weighted by Gasteiger charge is -2.12. The molecule has 2 heterocycles. The number of rotatable bonds is 10. The zero-order valence-corrected chi connectivity index (χ0v) is 22.0. The van der Waals surface area contributed by atoms with E-state index in [9.17, 15) is 9.59 Å². The lowest BCUT2D eigenvalue weighted by Crippen LogP contribution is -2.17. The van der Waals surface area contributed by atoms with Gasteiger partial charge in [0.25, 0.3) is 0 Å². The van der Waals surface area contributed by atoms with E-state index in [0.717, 1.165) is 31.2 Å². The number of amides is 1. The molecule has 0 atom stereocenters. The van der Waals surface area contributed by atoms with Crippen molar-refractivity contribution in [1.29, 1.82) is 0 Å². The van der Waals surface area contributed by atoms with E-state index in [0.29, 0.717) is 45.5 Å². The van der Waals surface area contributed by atoms with Gasteiger partial charge in [-0.3, -0.25) is 4.79 Å². The van der Waals surface area contributed by atoms with Gasteiger partial charge < -0.3 is 19.4 Å². The summed E-state index contributed by atoms with van der Waals surface area (Å²) in [7, 11) is 0. The standard InChI is InChI=1S/C24H27ClN4O4S2/c1-3-29-19(13-33-16-11-9-15(25)10-12-16)27-28-24(29)34-14-20(30)26-22-21(23(31)32-4-2)17-7-5-6-8-18(17)35-22/h9-12H,3-8,13-14H2,1-2H3,(H,26,30). The highest BCUT2D eigenvalue weighted by atomic mass is 35.5. The largest absolute Gasteiger partial charge is 0.486 e. The molecule has 0 unspecified atom stereocenters. The van der Waals surface area contributed by atoms with Crippen LogP contribution in [0.4, 0.5) is 5.00 Å². The van der Waals surface area contributed by atoms with Crippen LogP contribution in [0.2, 0.25) is 5.02 Å². The predicted octanol–water partition coefficient (Wildman–Crippen LogP) is 5.38. The van der Waals surface area contributed by atoms with Crippen LogP contribution >= 0.6 is 34.7 Å². The van der Waals surface area contributed by atoms with E-state index in [2.05, 4.69) is 15.5 Å². The molecular weight excluding hydrogens is 508 g/mol. The van der Waals surface area contributed by atoms with Crippen molar-refractivity contribution < 1.29 is 19.1 Å². The molecule has 8 nitrogen and oxygen atoms in total. The number of aryl methyl sites for hydroxylation is 1. The normalized spacial score (nSPS) is 12.8. The minimum absolute atomic E-state index is 0.140. The van der Waals surface area contributed by atoms with Gasteiger partial charge in [0.05, 0.1) is 17.9 Å². The Balaban J connectivity index is 1.39. The number of thiophene rings is 1. The Labute approximate surface area is 217 Å². The number of hydrogen-bond donors (Lipinski definition) is 1. The molecule has 11 heteroatoms.